The number of piperazine rings is 1. The van der Waals surface area contributed by atoms with Crippen molar-refractivity contribution in [2.24, 2.45) is 0 Å². The summed E-state index contributed by atoms with van der Waals surface area (Å²) in [6.45, 7) is 3.73. The third-order valence-corrected chi connectivity index (χ3v) is 5.47. The summed E-state index contributed by atoms with van der Waals surface area (Å²) in [4.78, 5) is 17.3. The van der Waals surface area contributed by atoms with E-state index in [4.69, 9.17) is 9.68 Å². The zero-order valence-corrected chi connectivity index (χ0v) is 16.8. The van der Waals surface area contributed by atoms with Crippen molar-refractivity contribution in [2.45, 2.75) is 6.42 Å². The van der Waals surface area contributed by atoms with Crippen molar-refractivity contribution in [2.75, 3.05) is 38.1 Å². The maximum atomic E-state index is 14.6. The minimum Gasteiger partial charge on any atom is -0.442 e. The topological polar surface area (TPSA) is 60.5 Å². The third-order valence-electron chi connectivity index (χ3n) is 5.47. The number of benzene rings is 2. The summed E-state index contributed by atoms with van der Waals surface area (Å²) in [5.74, 6) is -0.347. The zero-order valence-electron chi connectivity index (χ0n) is 16.8. The lowest BCUT2D eigenvalue weighted by molar-refractivity contribution is 0.0966. The van der Waals surface area contributed by atoms with Crippen LogP contribution in [0.15, 0.2) is 59.0 Å². The van der Waals surface area contributed by atoms with E-state index in [1.807, 2.05) is 24.3 Å². The van der Waals surface area contributed by atoms with E-state index in [1.54, 1.807) is 18.2 Å². The summed E-state index contributed by atoms with van der Waals surface area (Å²) in [7, 11) is 2.10. The minimum atomic E-state index is -0.327. The molecule has 1 aliphatic rings. The maximum absolute atomic E-state index is 14.6. The first kappa shape index (κ1) is 19.9. The lowest BCUT2D eigenvalue weighted by atomic mass is 9.94. The lowest BCUT2D eigenvalue weighted by Gasteiger charge is -2.34. The number of carbonyl (C=O) groups is 1. The molecule has 0 aliphatic carbocycles. The van der Waals surface area contributed by atoms with E-state index in [9.17, 15) is 9.18 Å². The van der Waals surface area contributed by atoms with Crippen LogP contribution in [0.3, 0.4) is 0 Å². The predicted octanol–water partition coefficient (Wildman–Crippen LogP) is 4.13. The van der Waals surface area contributed by atoms with Crippen LogP contribution in [0.5, 0.6) is 0 Å². The Morgan fingerprint density at radius 1 is 1.07 bits per heavy atom. The SMILES string of the molecule is CN1CCN(c2ccc(CC(=O)c3ccc(C#N)o3)c(-c3ccccc3F)c2)CC1. The van der Waals surface area contributed by atoms with Gasteiger partial charge in [0.2, 0.25) is 11.5 Å². The molecule has 1 saturated heterocycles. The molecule has 0 radical (unpaired) electrons. The van der Waals surface area contributed by atoms with Crippen molar-refractivity contribution in [3.8, 4) is 17.2 Å². The maximum Gasteiger partial charge on any atom is 0.204 e. The van der Waals surface area contributed by atoms with E-state index in [1.165, 1.54) is 18.2 Å². The molecule has 3 aromatic rings. The molecule has 0 atom stereocenters. The van der Waals surface area contributed by atoms with Crippen molar-refractivity contribution >= 4 is 11.5 Å². The monoisotopic (exact) mass is 403 g/mol. The molecule has 2 aromatic carbocycles. The quantitative estimate of drug-likeness (QED) is 0.600. The Kier molecular flexibility index (Phi) is 5.64. The Morgan fingerprint density at radius 2 is 1.83 bits per heavy atom. The second-order valence-electron chi connectivity index (χ2n) is 7.49. The molecule has 0 N–H and O–H groups in total. The number of carbonyl (C=O) groups excluding carboxylic acids is 1. The molecule has 0 unspecified atom stereocenters. The van der Waals surface area contributed by atoms with Gasteiger partial charge in [-0.05, 0) is 48.5 Å². The second kappa shape index (κ2) is 8.52. The third kappa shape index (κ3) is 4.12. The molecule has 1 aromatic heterocycles. The molecule has 6 heteroatoms. The number of anilines is 1. The van der Waals surface area contributed by atoms with Gasteiger partial charge in [0.25, 0.3) is 0 Å². The number of ketones is 1. The second-order valence-corrected chi connectivity index (χ2v) is 7.49. The van der Waals surface area contributed by atoms with Crippen molar-refractivity contribution < 1.29 is 13.6 Å². The van der Waals surface area contributed by atoms with E-state index in [0.29, 0.717) is 11.1 Å². The Labute approximate surface area is 174 Å². The number of likely N-dealkylation sites (N-methyl/N-ethyl adjacent to an activating group) is 1. The Balaban J connectivity index is 1.69. The van der Waals surface area contributed by atoms with Gasteiger partial charge in [0.1, 0.15) is 11.9 Å². The first-order chi connectivity index (χ1) is 14.5. The fraction of sp³-hybridized carbons (Fsp3) is 0.250. The summed E-state index contributed by atoms with van der Waals surface area (Å²) in [6, 6.07) is 17.3. The van der Waals surface area contributed by atoms with Gasteiger partial charge in [0.15, 0.2) is 5.76 Å². The molecule has 2 heterocycles. The number of nitriles is 1. The number of furan rings is 1. The average molecular weight is 403 g/mol. The number of hydrogen-bond donors (Lipinski definition) is 0. The molecule has 0 spiro atoms. The van der Waals surface area contributed by atoms with Crippen LogP contribution < -0.4 is 4.90 Å². The Morgan fingerprint density at radius 3 is 2.53 bits per heavy atom. The minimum absolute atomic E-state index is 0.0606. The molecule has 0 saturated carbocycles. The summed E-state index contributed by atoms with van der Waals surface area (Å²) < 4.78 is 19.9. The van der Waals surface area contributed by atoms with Crippen LogP contribution in [0.1, 0.15) is 21.9 Å². The van der Waals surface area contributed by atoms with Gasteiger partial charge in [0.05, 0.1) is 0 Å². The highest BCUT2D eigenvalue weighted by Crippen LogP contribution is 2.32. The molecule has 152 valence electrons. The largest absolute Gasteiger partial charge is 0.442 e. The van der Waals surface area contributed by atoms with E-state index in [-0.39, 0.29) is 29.5 Å². The van der Waals surface area contributed by atoms with Gasteiger partial charge < -0.3 is 14.2 Å². The molecule has 1 fully saturated rings. The fourth-order valence-electron chi connectivity index (χ4n) is 3.72. The van der Waals surface area contributed by atoms with E-state index in [0.717, 1.165) is 37.4 Å². The van der Waals surface area contributed by atoms with Gasteiger partial charge in [-0.2, -0.15) is 5.26 Å². The van der Waals surface area contributed by atoms with Crippen LogP contribution in [0.2, 0.25) is 0 Å². The van der Waals surface area contributed by atoms with Crippen molar-refractivity contribution in [3.63, 3.8) is 0 Å². The fourth-order valence-corrected chi connectivity index (χ4v) is 3.72. The van der Waals surface area contributed by atoms with Crippen molar-refractivity contribution in [1.29, 1.82) is 5.26 Å². The van der Waals surface area contributed by atoms with Gasteiger partial charge in [-0.3, -0.25) is 4.79 Å². The predicted molar refractivity (Wildman–Crippen MR) is 113 cm³/mol. The van der Waals surface area contributed by atoms with Gasteiger partial charge >= 0.3 is 0 Å². The number of Topliss-reactive ketones (excluding diaryl/α,β-unsaturated/α-hetero) is 1. The highest BCUT2D eigenvalue weighted by molar-refractivity contribution is 5.96. The summed E-state index contributed by atoms with van der Waals surface area (Å²) in [5.41, 5.74) is 2.90. The molecule has 0 amide bonds. The normalized spacial score (nSPS) is 14.5. The Bertz CT molecular complexity index is 1110. The first-order valence-corrected chi connectivity index (χ1v) is 9.89. The van der Waals surface area contributed by atoms with Crippen LogP contribution in [0, 0.1) is 17.1 Å². The van der Waals surface area contributed by atoms with Crippen LogP contribution in [-0.4, -0.2) is 43.9 Å². The molecule has 0 bridgehead atoms. The smallest absolute Gasteiger partial charge is 0.204 e. The molecular formula is C24H22FN3O2. The summed E-state index contributed by atoms with van der Waals surface area (Å²) >= 11 is 0. The van der Waals surface area contributed by atoms with Gasteiger partial charge in [-0.1, -0.05) is 24.3 Å². The number of nitrogens with zero attached hydrogens (tertiary/aromatic N) is 3. The molecular weight excluding hydrogens is 381 g/mol. The van der Waals surface area contributed by atoms with Crippen LogP contribution >= 0.6 is 0 Å². The van der Waals surface area contributed by atoms with Crippen LogP contribution in [0.4, 0.5) is 10.1 Å². The Hall–Kier alpha value is -3.43. The van der Waals surface area contributed by atoms with E-state index >= 15 is 0 Å². The summed E-state index contributed by atoms with van der Waals surface area (Å²) in [6.07, 6.45) is 0.0606. The number of hydrogen-bond acceptors (Lipinski definition) is 5. The highest BCUT2D eigenvalue weighted by atomic mass is 19.1. The van der Waals surface area contributed by atoms with Gasteiger partial charge in [-0.15, -0.1) is 0 Å². The molecule has 4 rings (SSSR count). The van der Waals surface area contributed by atoms with Crippen LogP contribution in [0.25, 0.3) is 11.1 Å². The standard InChI is InChI=1S/C24H22FN3O2/c1-27-10-12-28(13-11-27)18-7-6-17(14-23(29)24-9-8-19(16-26)30-24)21(15-18)20-4-2-3-5-22(20)25/h2-9,15H,10-14H2,1H3. The van der Waals surface area contributed by atoms with Crippen molar-refractivity contribution in [3.05, 3.63) is 77.5 Å². The number of rotatable bonds is 5. The highest BCUT2D eigenvalue weighted by Gasteiger charge is 2.20. The zero-order chi connectivity index (χ0) is 21.1. The van der Waals surface area contributed by atoms with Gasteiger partial charge in [-0.25, -0.2) is 4.39 Å². The first-order valence-electron chi connectivity index (χ1n) is 9.89. The molecule has 30 heavy (non-hydrogen) atoms. The van der Waals surface area contributed by atoms with Gasteiger partial charge in [0, 0.05) is 43.9 Å². The molecule has 1 aliphatic heterocycles. The van der Waals surface area contributed by atoms with Crippen molar-refractivity contribution in [1.82, 2.24) is 4.90 Å². The lowest BCUT2D eigenvalue weighted by Crippen LogP contribution is -2.44. The van der Waals surface area contributed by atoms with E-state index < -0.39 is 0 Å². The average Bonchev–Trinajstić information content (AvgIpc) is 3.25. The molecule has 5 nitrogen and oxygen atoms in total. The van der Waals surface area contributed by atoms with E-state index in [2.05, 4.69) is 16.8 Å². The number of halogens is 1. The summed E-state index contributed by atoms with van der Waals surface area (Å²) in [5, 5.41) is 8.91. The van der Waals surface area contributed by atoms with Crippen LogP contribution in [-0.2, 0) is 6.42 Å².